The topological polar surface area (TPSA) is 55.9 Å². The van der Waals surface area contributed by atoms with Gasteiger partial charge in [0.15, 0.2) is 11.5 Å². The second-order valence-corrected chi connectivity index (χ2v) is 8.04. The molecule has 1 N–H and O–H groups in total. The number of methoxy groups -OCH3 is 1. The van der Waals surface area contributed by atoms with E-state index >= 15 is 0 Å². The molecular weight excluding hydrogens is 366 g/mol. The SMILES string of the molecule is CCNc1nc2cc(OCCCN3CCCC3)c(OC)cc2c2c1CC(C)OC2. The van der Waals surface area contributed by atoms with Crippen LogP contribution < -0.4 is 14.8 Å². The van der Waals surface area contributed by atoms with Crippen molar-refractivity contribution in [3.63, 3.8) is 0 Å². The van der Waals surface area contributed by atoms with Gasteiger partial charge in [0, 0.05) is 36.5 Å². The summed E-state index contributed by atoms with van der Waals surface area (Å²) in [7, 11) is 1.70. The zero-order chi connectivity index (χ0) is 20.2. The minimum absolute atomic E-state index is 0.208. The van der Waals surface area contributed by atoms with Crippen molar-refractivity contribution < 1.29 is 14.2 Å². The van der Waals surface area contributed by atoms with Crippen molar-refractivity contribution in [1.29, 1.82) is 0 Å². The highest BCUT2D eigenvalue weighted by Gasteiger charge is 2.23. The number of likely N-dealkylation sites (tertiary alicyclic amines) is 1. The summed E-state index contributed by atoms with van der Waals surface area (Å²) in [6.45, 7) is 9.89. The van der Waals surface area contributed by atoms with E-state index in [1.54, 1.807) is 7.11 Å². The molecule has 0 spiro atoms. The molecule has 4 rings (SSSR count). The molecule has 2 aliphatic rings. The number of pyridine rings is 1. The molecule has 0 aliphatic carbocycles. The van der Waals surface area contributed by atoms with Crippen molar-refractivity contribution in [3.05, 3.63) is 23.3 Å². The number of ether oxygens (including phenoxy) is 3. The lowest BCUT2D eigenvalue weighted by atomic mass is 9.96. The van der Waals surface area contributed by atoms with Gasteiger partial charge in [-0.3, -0.25) is 0 Å². The highest BCUT2D eigenvalue weighted by molar-refractivity contribution is 5.89. The summed E-state index contributed by atoms with van der Waals surface area (Å²) in [5.41, 5.74) is 3.40. The van der Waals surface area contributed by atoms with E-state index < -0.39 is 0 Å². The molecule has 6 nitrogen and oxygen atoms in total. The molecule has 1 aromatic heterocycles. The van der Waals surface area contributed by atoms with E-state index in [0.717, 1.165) is 54.2 Å². The number of hydrogen-bond donors (Lipinski definition) is 1. The predicted octanol–water partition coefficient (Wildman–Crippen LogP) is 4.00. The van der Waals surface area contributed by atoms with Crippen molar-refractivity contribution in [2.75, 3.05) is 45.2 Å². The Morgan fingerprint density at radius 3 is 2.79 bits per heavy atom. The van der Waals surface area contributed by atoms with E-state index in [-0.39, 0.29) is 6.10 Å². The summed E-state index contributed by atoms with van der Waals surface area (Å²) in [5, 5.41) is 4.53. The van der Waals surface area contributed by atoms with Crippen LogP contribution in [0.1, 0.15) is 44.2 Å². The Morgan fingerprint density at radius 2 is 2.03 bits per heavy atom. The fraction of sp³-hybridized carbons (Fsp3) is 0.609. The minimum Gasteiger partial charge on any atom is -0.493 e. The molecule has 2 aromatic rings. The maximum atomic E-state index is 6.11. The highest BCUT2D eigenvalue weighted by atomic mass is 16.5. The van der Waals surface area contributed by atoms with E-state index in [4.69, 9.17) is 19.2 Å². The minimum atomic E-state index is 0.208. The van der Waals surface area contributed by atoms with Crippen LogP contribution in [0.3, 0.4) is 0 Å². The Hall–Kier alpha value is -2.05. The van der Waals surface area contributed by atoms with Gasteiger partial charge in [0.25, 0.3) is 0 Å². The first-order valence-electron chi connectivity index (χ1n) is 10.9. The van der Waals surface area contributed by atoms with Crippen molar-refractivity contribution in [2.24, 2.45) is 0 Å². The normalized spacial score (nSPS) is 19.3. The third-order valence-electron chi connectivity index (χ3n) is 5.91. The van der Waals surface area contributed by atoms with E-state index in [1.165, 1.54) is 37.1 Å². The van der Waals surface area contributed by atoms with E-state index in [1.807, 2.05) is 6.07 Å². The van der Waals surface area contributed by atoms with Crippen molar-refractivity contribution in [3.8, 4) is 11.5 Å². The van der Waals surface area contributed by atoms with Gasteiger partial charge in [-0.1, -0.05) is 0 Å². The average molecular weight is 400 g/mol. The predicted molar refractivity (Wildman–Crippen MR) is 116 cm³/mol. The van der Waals surface area contributed by atoms with Crippen LogP contribution >= 0.6 is 0 Å². The first-order valence-corrected chi connectivity index (χ1v) is 10.9. The zero-order valence-electron chi connectivity index (χ0n) is 17.9. The average Bonchev–Trinajstić information content (AvgIpc) is 3.24. The number of nitrogens with zero attached hydrogens (tertiary/aromatic N) is 2. The van der Waals surface area contributed by atoms with Gasteiger partial charge in [0.1, 0.15) is 5.82 Å². The summed E-state index contributed by atoms with van der Waals surface area (Å²) in [6, 6.07) is 4.08. The van der Waals surface area contributed by atoms with Crippen molar-refractivity contribution >= 4 is 16.7 Å². The number of aromatic nitrogens is 1. The quantitative estimate of drug-likeness (QED) is 0.677. The highest BCUT2D eigenvalue weighted by Crippen LogP contribution is 2.38. The molecule has 3 heterocycles. The first kappa shape index (κ1) is 20.2. The monoisotopic (exact) mass is 399 g/mol. The zero-order valence-corrected chi connectivity index (χ0v) is 17.9. The number of rotatable bonds is 8. The van der Waals surface area contributed by atoms with Crippen LogP contribution in [0.25, 0.3) is 10.9 Å². The van der Waals surface area contributed by atoms with Gasteiger partial charge < -0.3 is 24.4 Å². The Morgan fingerprint density at radius 1 is 1.21 bits per heavy atom. The van der Waals surface area contributed by atoms with E-state index in [2.05, 4.69) is 30.1 Å². The lowest BCUT2D eigenvalue weighted by molar-refractivity contribution is 0.0420. The Labute approximate surface area is 173 Å². The molecule has 1 aromatic carbocycles. The Balaban J connectivity index is 1.59. The summed E-state index contributed by atoms with van der Waals surface area (Å²) in [6.07, 6.45) is 4.75. The van der Waals surface area contributed by atoms with Gasteiger partial charge in [0.2, 0.25) is 0 Å². The molecule has 1 unspecified atom stereocenters. The largest absolute Gasteiger partial charge is 0.493 e. The first-order chi connectivity index (χ1) is 14.2. The molecule has 0 saturated carbocycles. The molecule has 1 fully saturated rings. The lowest BCUT2D eigenvalue weighted by Crippen LogP contribution is -2.22. The van der Waals surface area contributed by atoms with Gasteiger partial charge in [-0.2, -0.15) is 0 Å². The van der Waals surface area contributed by atoms with Gasteiger partial charge in [-0.15, -0.1) is 0 Å². The fourth-order valence-electron chi connectivity index (χ4n) is 4.40. The van der Waals surface area contributed by atoms with Gasteiger partial charge in [-0.05, 0) is 57.8 Å². The van der Waals surface area contributed by atoms with Gasteiger partial charge >= 0.3 is 0 Å². The third-order valence-corrected chi connectivity index (χ3v) is 5.91. The number of hydrogen-bond acceptors (Lipinski definition) is 6. The maximum Gasteiger partial charge on any atom is 0.163 e. The summed E-state index contributed by atoms with van der Waals surface area (Å²) >= 11 is 0. The smallest absolute Gasteiger partial charge is 0.163 e. The standard InChI is InChI=1S/C23H33N3O3/c1-4-24-23-18-12-16(2)29-15-19(18)17-13-21(27-3)22(14-20(17)25-23)28-11-7-10-26-8-5-6-9-26/h13-14,16H,4-12,15H2,1-3H3,(H,24,25). The van der Waals surface area contributed by atoms with Crippen LogP contribution in [0, 0.1) is 0 Å². The van der Waals surface area contributed by atoms with E-state index in [9.17, 15) is 0 Å². The van der Waals surface area contributed by atoms with Gasteiger partial charge in [-0.25, -0.2) is 4.98 Å². The number of nitrogens with one attached hydrogen (secondary N) is 1. The summed E-state index contributed by atoms with van der Waals surface area (Å²) < 4.78 is 17.7. The van der Waals surface area contributed by atoms with Crippen molar-refractivity contribution in [2.45, 2.75) is 52.2 Å². The molecule has 2 aliphatic heterocycles. The van der Waals surface area contributed by atoms with Gasteiger partial charge in [0.05, 0.1) is 31.9 Å². The number of fused-ring (bicyclic) bond motifs is 3. The van der Waals surface area contributed by atoms with Crippen LogP contribution in [0.15, 0.2) is 12.1 Å². The number of benzene rings is 1. The van der Waals surface area contributed by atoms with E-state index in [0.29, 0.717) is 13.2 Å². The Bertz CT molecular complexity index is 849. The molecule has 0 radical (unpaired) electrons. The molecule has 1 saturated heterocycles. The molecular formula is C23H33N3O3. The third kappa shape index (κ3) is 4.43. The van der Waals surface area contributed by atoms with Crippen LogP contribution in [0.2, 0.25) is 0 Å². The summed E-state index contributed by atoms with van der Waals surface area (Å²) in [5.74, 6) is 2.49. The molecule has 1 atom stereocenters. The van der Waals surface area contributed by atoms with Crippen LogP contribution in [-0.4, -0.2) is 55.9 Å². The molecule has 158 valence electrons. The second-order valence-electron chi connectivity index (χ2n) is 8.04. The van der Waals surface area contributed by atoms with Crippen molar-refractivity contribution in [1.82, 2.24) is 9.88 Å². The van der Waals surface area contributed by atoms with Crippen LogP contribution in [0.4, 0.5) is 5.82 Å². The summed E-state index contributed by atoms with van der Waals surface area (Å²) in [4.78, 5) is 7.44. The molecule has 6 heteroatoms. The van der Waals surface area contributed by atoms with Crippen LogP contribution in [0.5, 0.6) is 11.5 Å². The molecule has 0 bridgehead atoms. The molecule has 0 amide bonds. The Kier molecular flexibility index (Phi) is 6.40. The molecule has 29 heavy (non-hydrogen) atoms. The fourth-order valence-corrected chi connectivity index (χ4v) is 4.40. The van der Waals surface area contributed by atoms with Crippen LogP contribution in [-0.2, 0) is 17.8 Å². The second kappa shape index (κ2) is 9.18. The lowest BCUT2D eigenvalue weighted by Gasteiger charge is -2.26. The number of anilines is 1. The maximum absolute atomic E-state index is 6.11.